The molecule has 0 spiro atoms. The van der Waals surface area contributed by atoms with Gasteiger partial charge in [-0.3, -0.25) is 9.58 Å². The zero-order valence-electron chi connectivity index (χ0n) is 11.4. The lowest BCUT2D eigenvalue weighted by Crippen LogP contribution is -2.31. The van der Waals surface area contributed by atoms with Gasteiger partial charge in [-0.1, -0.05) is 12.1 Å². The van der Waals surface area contributed by atoms with Crippen LogP contribution in [0.2, 0.25) is 0 Å². The van der Waals surface area contributed by atoms with Crippen molar-refractivity contribution in [1.29, 1.82) is 0 Å². The summed E-state index contributed by atoms with van der Waals surface area (Å²) in [5.41, 5.74) is 8.38. The number of urea groups is 1. The molecule has 6 heteroatoms. The average molecular weight is 271 g/mol. The van der Waals surface area contributed by atoms with Gasteiger partial charge in [0.2, 0.25) is 0 Å². The van der Waals surface area contributed by atoms with Crippen LogP contribution in [0.5, 0.6) is 0 Å². The summed E-state index contributed by atoms with van der Waals surface area (Å²) in [6, 6.07) is 7.44. The molecule has 1 aliphatic heterocycles. The summed E-state index contributed by atoms with van der Waals surface area (Å²) >= 11 is 0. The Balaban J connectivity index is 1.76. The summed E-state index contributed by atoms with van der Waals surface area (Å²) in [4.78, 5) is 16.0. The van der Waals surface area contributed by atoms with Gasteiger partial charge in [0.1, 0.15) is 0 Å². The fourth-order valence-electron chi connectivity index (χ4n) is 2.46. The lowest BCUT2D eigenvalue weighted by atomic mass is 10.2. The van der Waals surface area contributed by atoms with E-state index in [2.05, 4.69) is 5.10 Å². The SMILES string of the molecule is Cn1cc(CN2CCN(c3ccccc3N)C2=O)cn1. The van der Waals surface area contributed by atoms with E-state index in [1.807, 2.05) is 42.4 Å². The number of carbonyl (C=O) groups excluding carboxylic acids is 1. The fourth-order valence-corrected chi connectivity index (χ4v) is 2.46. The number of nitrogens with two attached hydrogens (primary N) is 1. The number of nitrogen functional groups attached to an aromatic ring is 1. The second kappa shape index (κ2) is 4.88. The number of hydrogen-bond acceptors (Lipinski definition) is 3. The summed E-state index contributed by atoms with van der Waals surface area (Å²) in [5, 5.41) is 4.12. The smallest absolute Gasteiger partial charge is 0.324 e. The Morgan fingerprint density at radius 1 is 1.30 bits per heavy atom. The Labute approximate surface area is 117 Å². The zero-order chi connectivity index (χ0) is 14.1. The minimum atomic E-state index is -0.00764. The molecule has 0 radical (unpaired) electrons. The molecule has 0 unspecified atom stereocenters. The molecule has 3 rings (SSSR count). The highest BCUT2D eigenvalue weighted by Gasteiger charge is 2.30. The van der Waals surface area contributed by atoms with Gasteiger partial charge in [-0.2, -0.15) is 5.10 Å². The molecule has 2 N–H and O–H groups in total. The van der Waals surface area contributed by atoms with E-state index in [4.69, 9.17) is 5.73 Å². The minimum Gasteiger partial charge on any atom is -0.397 e. The summed E-state index contributed by atoms with van der Waals surface area (Å²) in [7, 11) is 1.87. The largest absolute Gasteiger partial charge is 0.397 e. The molecule has 0 bridgehead atoms. The number of benzene rings is 1. The van der Waals surface area contributed by atoms with Crippen molar-refractivity contribution in [2.45, 2.75) is 6.54 Å². The van der Waals surface area contributed by atoms with Gasteiger partial charge in [0.25, 0.3) is 0 Å². The van der Waals surface area contributed by atoms with Gasteiger partial charge >= 0.3 is 6.03 Å². The van der Waals surface area contributed by atoms with Gasteiger partial charge in [-0.05, 0) is 12.1 Å². The van der Waals surface area contributed by atoms with E-state index in [0.29, 0.717) is 25.3 Å². The van der Waals surface area contributed by atoms with Crippen molar-refractivity contribution < 1.29 is 4.79 Å². The van der Waals surface area contributed by atoms with Crippen LogP contribution in [-0.4, -0.2) is 33.8 Å². The Kier molecular flexibility index (Phi) is 3.06. The first-order valence-corrected chi connectivity index (χ1v) is 6.53. The van der Waals surface area contributed by atoms with Crippen molar-refractivity contribution in [3.8, 4) is 0 Å². The number of aromatic nitrogens is 2. The first kappa shape index (κ1) is 12.5. The van der Waals surface area contributed by atoms with E-state index in [1.165, 1.54) is 0 Å². The monoisotopic (exact) mass is 271 g/mol. The van der Waals surface area contributed by atoms with Crippen LogP contribution in [-0.2, 0) is 13.6 Å². The molecule has 1 saturated heterocycles. The Hall–Kier alpha value is -2.50. The second-order valence-electron chi connectivity index (χ2n) is 4.94. The molecule has 0 atom stereocenters. The number of rotatable bonds is 3. The van der Waals surface area contributed by atoms with E-state index < -0.39 is 0 Å². The first-order valence-electron chi connectivity index (χ1n) is 6.53. The van der Waals surface area contributed by atoms with Gasteiger partial charge in [-0.15, -0.1) is 0 Å². The predicted octanol–water partition coefficient (Wildman–Crippen LogP) is 1.44. The van der Waals surface area contributed by atoms with Crippen molar-refractivity contribution in [3.63, 3.8) is 0 Å². The van der Waals surface area contributed by atoms with Crippen molar-refractivity contribution in [1.82, 2.24) is 14.7 Å². The molecule has 20 heavy (non-hydrogen) atoms. The summed E-state index contributed by atoms with van der Waals surface area (Å²) in [6.07, 6.45) is 3.71. The van der Waals surface area contributed by atoms with Crippen LogP contribution in [0.4, 0.5) is 16.2 Å². The van der Waals surface area contributed by atoms with Crippen LogP contribution in [0.1, 0.15) is 5.56 Å². The Morgan fingerprint density at radius 2 is 2.10 bits per heavy atom. The molecule has 0 saturated carbocycles. The van der Waals surface area contributed by atoms with E-state index in [9.17, 15) is 4.79 Å². The second-order valence-corrected chi connectivity index (χ2v) is 4.94. The third kappa shape index (κ3) is 2.20. The molecule has 0 aliphatic carbocycles. The first-order chi connectivity index (χ1) is 9.65. The van der Waals surface area contributed by atoms with Gasteiger partial charge in [0, 0.05) is 31.9 Å². The minimum absolute atomic E-state index is 0.00764. The molecular formula is C14H17N5O. The van der Waals surface area contributed by atoms with Crippen LogP contribution in [0.15, 0.2) is 36.7 Å². The van der Waals surface area contributed by atoms with Crippen LogP contribution < -0.4 is 10.6 Å². The van der Waals surface area contributed by atoms with Crippen LogP contribution in [0.3, 0.4) is 0 Å². The third-order valence-electron chi connectivity index (χ3n) is 3.45. The highest BCUT2D eigenvalue weighted by molar-refractivity contribution is 5.96. The Bertz CT molecular complexity index is 636. The molecule has 2 heterocycles. The van der Waals surface area contributed by atoms with Crippen LogP contribution in [0.25, 0.3) is 0 Å². The van der Waals surface area contributed by atoms with Crippen LogP contribution in [0, 0.1) is 0 Å². The molecular weight excluding hydrogens is 254 g/mol. The maximum atomic E-state index is 12.4. The van der Waals surface area contributed by atoms with Crippen molar-refractivity contribution in [2.24, 2.45) is 7.05 Å². The number of hydrogen-bond donors (Lipinski definition) is 1. The predicted molar refractivity (Wildman–Crippen MR) is 77.2 cm³/mol. The van der Waals surface area contributed by atoms with E-state index in [-0.39, 0.29) is 6.03 Å². The zero-order valence-corrected chi connectivity index (χ0v) is 11.4. The number of para-hydroxylation sites is 2. The number of carbonyl (C=O) groups is 1. The van der Waals surface area contributed by atoms with Gasteiger partial charge < -0.3 is 10.6 Å². The lowest BCUT2D eigenvalue weighted by molar-refractivity contribution is 0.219. The fraction of sp³-hybridized carbons (Fsp3) is 0.286. The maximum Gasteiger partial charge on any atom is 0.324 e. The maximum absolute atomic E-state index is 12.4. The average Bonchev–Trinajstić information content (AvgIpc) is 2.99. The number of amides is 2. The highest BCUT2D eigenvalue weighted by Crippen LogP contribution is 2.26. The summed E-state index contributed by atoms with van der Waals surface area (Å²) < 4.78 is 1.74. The molecule has 2 amide bonds. The lowest BCUT2D eigenvalue weighted by Gasteiger charge is -2.19. The van der Waals surface area contributed by atoms with Gasteiger partial charge in [0.15, 0.2) is 0 Å². The molecule has 6 nitrogen and oxygen atoms in total. The van der Waals surface area contributed by atoms with E-state index in [1.54, 1.807) is 15.8 Å². The summed E-state index contributed by atoms with van der Waals surface area (Å²) in [5.74, 6) is 0. The summed E-state index contributed by atoms with van der Waals surface area (Å²) in [6.45, 7) is 1.94. The quantitative estimate of drug-likeness (QED) is 0.859. The standard InChI is InChI=1S/C14H17N5O/c1-17-9-11(8-16-17)10-18-6-7-19(14(18)20)13-5-3-2-4-12(13)15/h2-5,8-9H,6-7,10,15H2,1H3. The highest BCUT2D eigenvalue weighted by atomic mass is 16.2. The van der Waals surface area contributed by atoms with Gasteiger partial charge in [-0.25, -0.2) is 4.79 Å². The van der Waals surface area contributed by atoms with Gasteiger partial charge in [0.05, 0.1) is 24.1 Å². The molecule has 1 aromatic carbocycles. The van der Waals surface area contributed by atoms with Crippen molar-refractivity contribution in [2.75, 3.05) is 23.7 Å². The number of aryl methyl sites for hydroxylation is 1. The van der Waals surface area contributed by atoms with E-state index in [0.717, 1.165) is 11.3 Å². The van der Waals surface area contributed by atoms with Crippen molar-refractivity contribution in [3.05, 3.63) is 42.2 Å². The molecule has 1 fully saturated rings. The molecule has 2 aromatic rings. The van der Waals surface area contributed by atoms with E-state index >= 15 is 0 Å². The molecule has 1 aliphatic rings. The number of nitrogens with zero attached hydrogens (tertiary/aromatic N) is 4. The van der Waals surface area contributed by atoms with Crippen LogP contribution >= 0.6 is 0 Å². The Morgan fingerprint density at radius 3 is 2.80 bits per heavy atom. The molecule has 1 aromatic heterocycles. The van der Waals surface area contributed by atoms with Crippen molar-refractivity contribution >= 4 is 17.4 Å². The normalized spacial score (nSPS) is 15.2. The molecule has 104 valence electrons. The third-order valence-corrected chi connectivity index (χ3v) is 3.45. The number of anilines is 2. The topological polar surface area (TPSA) is 67.4 Å².